The Bertz CT molecular complexity index is 1260. The van der Waals surface area contributed by atoms with Gasteiger partial charge < -0.3 is 5.32 Å². The number of aryl methyl sites for hydroxylation is 1. The van der Waals surface area contributed by atoms with Crippen LogP contribution in [0.25, 0.3) is 10.8 Å². The van der Waals surface area contributed by atoms with Crippen LogP contribution in [0.4, 0.5) is 5.69 Å². The van der Waals surface area contributed by atoms with Gasteiger partial charge in [0.25, 0.3) is 5.56 Å². The Morgan fingerprint density at radius 2 is 1.79 bits per heavy atom. The second-order valence-corrected chi connectivity index (χ2v) is 9.12. The van der Waals surface area contributed by atoms with Gasteiger partial charge in [0.1, 0.15) is 0 Å². The van der Waals surface area contributed by atoms with Gasteiger partial charge in [-0.2, -0.15) is 5.10 Å². The van der Waals surface area contributed by atoms with Gasteiger partial charge in [0.05, 0.1) is 22.4 Å². The predicted molar refractivity (Wildman–Crippen MR) is 111 cm³/mol. The Labute approximate surface area is 168 Å². The van der Waals surface area contributed by atoms with Crippen LogP contribution >= 0.6 is 0 Å². The largest absolute Gasteiger partial charge is 0.325 e. The molecule has 8 nitrogen and oxygen atoms in total. The van der Waals surface area contributed by atoms with Gasteiger partial charge in [-0.3, -0.25) is 9.59 Å². The van der Waals surface area contributed by atoms with Gasteiger partial charge >= 0.3 is 0 Å². The molecule has 0 spiro atoms. The van der Waals surface area contributed by atoms with E-state index < -0.39 is 10.0 Å². The summed E-state index contributed by atoms with van der Waals surface area (Å²) >= 11 is 0. The second-order valence-electron chi connectivity index (χ2n) is 6.97. The molecule has 0 aliphatic heterocycles. The molecule has 152 valence electrons. The van der Waals surface area contributed by atoms with Crippen LogP contribution in [0.3, 0.4) is 0 Å². The van der Waals surface area contributed by atoms with E-state index in [9.17, 15) is 18.0 Å². The summed E-state index contributed by atoms with van der Waals surface area (Å²) < 4.78 is 26.1. The van der Waals surface area contributed by atoms with Gasteiger partial charge in [-0.15, -0.1) is 0 Å². The first-order valence-electron chi connectivity index (χ1n) is 8.91. The fraction of sp³-hybridized carbons (Fsp3) is 0.250. The number of nitrogens with zero attached hydrogens (tertiary/aromatic N) is 2. The van der Waals surface area contributed by atoms with Gasteiger partial charge in [0, 0.05) is 25.2 Å². The van der Waals surface area contributed by atoms with Crippen molar-refractivity contribution in [3.05, 3.63) is 63.6 Å². The van der Waals surface area contributed by atoms with Crippen LogP contribution < -0.4 is 10.9 Å². The van der Waals surface area contributed by atoms with E-state index in [-0.39, 0.29) is 22.8 Å². The summed E-state index contributed by atoms with van der Waals surface area (Å²) in [7, 11) is -0.729. The van der Waals surface area contributed by atoms with Crippen molar-refractivity contribution in [2.75, 3.05) is 19.4 Å². The maximum atomic E-state index is 12.7. The molecule has 0 aliphatic rings. The van der Waals surface area contributed by atoms with Crippen molar-refractivity contribution < 1.29 is 13.2 Å². The van der Waals surface area contributed by atoms with Crippen molar-refractivity contribution in [1.82, 2.24) is 14.5 Å². The first kappa shape index (κ1) is 20.7. The minimum absolute atomic E-state index is 0.0690. The summed E-state index contributed by atoms with van der Waals surface area (Å²) in [6.07, 6.45) is -0.0690. The molecule has 0 bridgehead atoms. The third-order valence-corrected chi connectivity index (χ3v) is 6.59. The summed E-state index contributed by atoms with van der Waals surface area (Å²) in [4.78, 5) is 24.7. The highest BCUT2D eigenvalue weighted by Gasteiger charge is 2.20. The highest BCUT2D eigenvalue weighted by molar-refractivity contribution is 7.89. The van der Waals surface area contributed by atoms with Gasteiger partial charge in [0.15, 0.2) is 0 Å². The number of anilines is 1. The standard InChI is InChI=1S/C20H22N4O4S/c1-12-9-14(29(27,28)24(3)4)10-17(13(12)2)21-19(25)11-18-15-7-5-6-8-16(15)20(26)23-22-18/h5-10H,11H2,1-4H3,(H,21,25)(H,23,26). The Balaban J connectivity index is 1.93. The van der Waals surface area contributed by atoms with Crippen LogP contribution in [0, 0.1) is 13.8 Å². The van der Waals surface area contributed by atoms with Gasteiger partial charge in [0.2, 0.25) is 15.9 Å². The lowest BCUT2D eigenvalue weighted by Crippen LogP contribution is -2.23. The third-order valence-electron chi connectivity index (χ3n) is 4.80. The van der Waals surface area contributed by atoms with Crippen LogP contribution in [-0.4, -0.2) is 42.9 Å². The number of H-pyrrole nitrogens is 1. The van der Waals surface area contributed by atoms with Crippen molar-refractivity contribution in [3.8, 4) is 0 Å². The fourth-order valence-corrected chi connectivity index (χ4v) is 3.98. The first-order chi connectivity index (χ1) is 13.6. The van der Waals surface area contributed by atoms with E-state index in [1.807, 2.05) is 6.92 Å². The van der Waals surface area contributed by atoms with Crippen LogP contribution in [-0.2, 0) is 21.2 Å². The Morgan fingerprint density at radius 1 is 1.14 bits per heavy atom. The van der Waals surface area contributed by atoms with E-state index in [0.717, 1.165) is 15.4 Å². The number of amides is 1. The highest BCUT2D eigenvalue weighted by atomic mass is 32.2. The minimum atomic E-state index is -3.64. The number of carbonyl (C=O) groups is 1. The fourth-order valence-electron chi connectivity index (χ4n) is 2.97. The first-order valence-corrected chi connectivity index (χ1v) is 10.3. The van der Waals surface area contributed by atoms with Crippen molar-refractivity contribution >= 4 is 32.4 Å². The number of nitrogens with one attached hydrogen (secondary N) is 2. The molecule has 1 heterocycles. The lowest BCUT2D eigenvalue weighted by molar-refractivity contribution is -0.115. The molecule has 0 saturated carbocycles. The van der Waals surface area contributed by atoms with Gasteiger partial charge in [-0.25, -0.2) is 17.8 Å². The number of rotatable bonds is 5. The SMILES string of the molecule is Cc1cc(S(=O)(=O)N(C)C)cc(NC(=O)Cc2n[nH]c(=O)c3ccccc23)c1C. The molecular formula is C20H22N4O4S. The van der Waals surface area contributed by atoms with E-state index >= 15 is 0 Å². The average Bonchev–Trinajstić information content (AvgIpc) is 2.67. The molecule has 1 aromatic heterocycles. The number of carbonyl (C=O) groups excluding carboxylic acids is 1. The Morgan fingerprint density at radius 3 is 2.45 bits per heavy atom. The molecule has 0 atom stereocenters. The average molecular weight is 414 g/mol. The molecule has 0 radical (unpaired) electrons. The third kappa shape index (κ3) is 4.06. The topological polar surface area (TPSA) is 112 Å². The molecule has 9 heteroatoms. The molecule has 2 N–H and O–H groups in total. The van der Waals surface area contributed by atoms with Crippen molar-refractivity contribution in [2.24, 2.45) is 0 Å². The zero-order valence-corrected chi connectivity index (χ0v) is 17.4. The Kier molecular flexibility index (Phi) is 5.54. The number of benzene rings is 2. The van der Waals surface area contributed by atoms with E-state index in [1.54, 1.807) is 37.3 Å². The zero-order valence-electron chi connectivity index (χ0n) is 16.6. The maximum Gasteiger partial charge on any atom is 0.272 e. The maximum absolute atomic E-state index is 12.7. The summed E-state index contributed by atoms with van der Waals surface area (Å²) in [6.45, 7) is 3.60. The number of hydrogen-bond acceptors (Lipinski definition) is 5. The minimum Gasteiger partial charge on any atom is -0.325 e. The van der Waals surface area contributed by atoms with Crippen molar-refractivity contribution in [3.63, 3.8) is 0 Å². The zero-order chi connectivity index (χ0) is 21.3. The van der Waals surface area contributed by atoms with E-state index in [0.29, 0.717) is 22.2 Å². The van der Waals surface area contributed by atoms with Crippen LogP contribution in [0.1, 0.15) is 16.8 Å². The Hall–Kier alpha value is -3.04. The van der Waals surface area contributed by atoms with Crippen LogP contribution in [0.15, 0.2) is 46.1 Å². The number of aromatic nitrogens is 2. The molecular weight excluding hydrogens is 392 g/mol. The van der Waals surface area contributed by atoms with Crippen molar-refractivity contribution in [1.29, 1.82) is 0 Å². The molecule has 0 fully saturated rings. The second kappa shape index (κ2) is 7.76. The number of sulfonamides is 1. The number of fused-ring (bicyclic) bond motifs is 1. The van der Waals surface area contributed by atoms with Crippen molar-refractivity contribution in [2.45, 2.75) is 25.2 Å². The molecule has 0 aliphatic carbocycles. The van der Waals surface area contributed by atoms with E-state index in [4.69, 9.17) is 0 Å². The van der Waals surface area contributed by atoms with E-state index in [1.165, 1.54) is 20.2 Å². The smallest absolute Gasteiger partial charge is 0.272 e. The van der Waals surface area contributed by atoms with Gasteiger partial charge in [-0.1, -0.05) is 18.2 Å². The lowest BCUT2D eigenvalue weighted by atomic mass is 10.1. The van der Waals surface area contributed by atoms with Gasteiger partial charge in [-0.05, 0) is 43.2 Å². The highest BCUT2D eigenvalue weighted by Crippen LogP contribution is 2.26. The summed E-state index contributed by atoms with van der Waals surface area (Å²) in [5.74, 6) is -0.364. The molecule has 1 amide bonds. The normalized spacial score (nSPS) is 11.8. The molecule has 0 unspecified atom stereocenters. The lowest BCUT2D eigenvalue weighted by Gasteiger charge is -2.16. The van der Waals surface area contributed by atoms with Crippen LogP contribution in [0.2, 0.25) is 0 Å². The van der Waals surface area contributed by atoms with E-state index in [2.05, 4.69) is 15.5 Å². The summed E-state index contributed by atoms with van der Waals surface area (Å²) in [5, 5.41) is 10.2. The monoisotopic (exact) mass is 414 g/mol. The number of aromatic amines is 1. The predicted octanol–water partition coefficient (Wildman–Crippen LogP) is 1.97. The molecule has 2 aromatic carbocycles. The molecule has 0 saturated heterocycles. The summed E-state index contributed by atoms with van der Waals surface area (Å²) in [5.41, 5.74) is 2.05. The molecule has 3 rings (SSSR count). The summed E-state index contributed by atoms with van der Waals surface area (Å²) in [6, 6.07) is 9.95. The quantitative estimate of drug-likeness (QED) is 0.663. The van der Waals surface area contributed by atoms with Crippen LogP contribution in [0.5, 0.6) is 0 Å². The molecule has 3 aromatic rings. The number of hydrogen-bond donors (Lipinski definition) is 2. The molecule has 29 heavy (non-hydrogen) atoms.